The number of ketones is 1. The summed E-state index contributed by atoms with van der Waals surface area (Å²) in [5.74, 6) is -2.66. The molecule has 1 atom stereocenters. The van der Waals surface area contributed by atoms with E-state index in [1.54, 1.807) is 26.0 Å². The zero-order valence-electron chi connectivity index (χ0n) is 19.9. The summed E-state index contributed by atoms with van der Waals surface area (Å²) in [5, 5.41) is 13.8. The predicted molar refractivity (Wildman–Crippen MR) is 129 cm³/mol. The first-order valence-electron chi connectivity index (χ1n) is 11.5. The number of hydrogen-bond donors (Lipinski definition) is 2. The van der Waals surface area contributed by atoms with E-state index in [-0.39, 0.29) is 16.8 Å². The van der Waals surface area contributed by atoms with E-state index < -0.39 is 29.5 Å². The molecule has 9 nitrogen and oxygen atoms in total. The van der Waals surface area contributed by atoms with Crippen LogP contribution in [0.25, 0.3) is 5.76 Å². The first-order valence-corrected chi connectivity index (χ1v) is 12.2. The molecule has 0 bridgehead atoms. The van der Waals surface area contributed by atoms with Gasteiger partial charge >= 0.3 is 5.97 Å². The quantitative estimate of drug-likeness (QED) is 0.234. The lowest BCUT2D eigenvalue weighted by atomic mass is 9.94. The number of aromatic amines is 1. The Hall–Kier alpha value is -2.95. The number of quaternary nitrogens is 1. The molecule has 2 saturated heterocycles. The third-order valence-corrected chi connectivity index (χ3v) is 7.20. The maximum absolute atomic E-state index is 13.8. The van der Waals surface area contributed by atoms with Gasteiger partial charge in [-0.25, -0.2) is 4.79 Å². The van der Waals surface area contributed by atoms with Gasteiger partial charge in [-0.1, -0.05) is 33.8 Å². The summed E-state index contributed by atoms with van der Waals surface area (Å²) in [4.78, 5) is 44.3. The number of aryl methyl sites for hydroxylation is 1. The van der Waals surface area contributed by atoms with Crippen molar-refractivity contribution in [1.82, 2.24) is 9.88 Å². The zero-order chi connectivity index (χ0) is 25.3. The molecule has 0 radical (unpaired) electrons. The van der Waals surface area contributed by atoms with Crippen molar-refractivity contribution in [3.63, 3.8) is 0 Å². The van der Waals surface area contributed by atoms with Crippen LogP contribution in [0, 0.1) is 13.8 Å². The Bertz CT molecular complexity index is 1180. The van der Waals surface area contributed by atoms with Crippen LogP contribution in [0.4, 0.5) is 0 Å². The molecule has 2 aliphatic rings. The molecule has 0 aliphatic carbocycles. The SMILES string of the molecule is COC(=O)c1[nH]c(C)c(C([O-])=C2C(=O)C(=O)N(CC[NH+]3CCOCC3)C2c2ccc(Br)cc2)c1C. The van der Waals surface area contributed by atoms with Crippen LogP contribution in [-0.4, -0.2) is 74.0 Å². The van der Waals surface area contributed by atoms with Gasteiger partial charge in [0.1, 0.15) is 18.8 Å². The number of nitrogens with one attached hydrogen (secondary N) is 2. The number of likely N-dealkylation sites (tertiary alicyclic amines) is 1. The standard InChI is InChI=1S/C25H28BrN3O6/c1-14-18(15(2)27-20(14)25(33)34-3)22(30)19-21(16-4-6-17(26)7-5-16)29(24(32)23(19)31)9-8-28-10-12-35-13-11-28/h4-7,21,27,30H,8-13H2,1-3H3. The van der Waals surface area contributed by atoms with Gasteiger partial charge in [-0.2, -0.15) is 0 Å². The average molecular weight is 546 g/mol. The zero-order valence-corrected chi connectivity index (χ0v) is 21.5. The fourth-order valence-corrected chi connectivity index (χ4v) is 5.08. The number of halogens is 1. The number of H-pyrrole nitrogens is 1. The molecule has 4 rings (SSSR count). The first kappa shape index (κ1) is 25.2. The third kappa shape index (κ3) is 4.78. The molecule has 1 unspecified atom stereocenters. The van der Waals surface area contributed by atoms with Crippen LogP contribution in [0.5, 0.6) is 0 Å². The van der Waals surface area contributed by atoms with Gasteiger partial charge in [0.05, 0.1) is 39.5 Å². The Labute approximate surface area is 211 Å². The average Bonchev–Trinajstić information content (AvgIpc) is 3.30. The number of carbonyl (C=O) groups is 3. The van der Waals surface area contributed by atoms with E-state index in [2.05, 4.69) is 20.9 Å². The van der Waals surface area contributed by atoms with E-state index in [1.807, 2.05) is 12.1 Å². The Morgan fingerprint density at radius 1 is 1.23 bits per heavy atom. The van der Waals surface area contributed by atoms with Crippen LogP contribution in [-0.2, 0) is 19.1 Å². The Kier molecular flexibility index (Phi) is 7.44. The van der Waals surface area contributed by atoms with E-state index >= 15 is 0 Å². The van der Waals surface area contributed by atoms with Gasteiger partial charge in [-0.3, -0.25) is 9.59 Å². The number of benzene rings is 1. The van der Waals surface area contributed by atoms with Crippen LogP contribution < -0.4 is 10.0 Å². The highest BCUT2D eigenvalue weighted by molar-refractivity contribution is 9.10. The van der Waals surface area contributed by atoms with Crippen LogP contribution in [0.15, 0.2) is 34.3 Å². The molecular weight excluding hydrogens is 518 g/mol. The number of rotatable bonds is 6. The number of Topliss-reactive ketones (excluding diaryl/α,β-unsaturated/α-hetero) is 1. The molecule has 186 valence electrons. The molecule has 2 aliphatic heterocycles. The second kappa shape index (κ2) is 10.3. The number of ether oxygens (including phenoxy) is 2. The maximum atomic E-state index is 13.8. The molecule has 2 aromatic rings. The summed E-state index contributed by atoms with van der Waals surface area (Å²) in [6.45, 7) is 7.22. The monoisotopic (exact) mass is 545 g/mol. The van der Waals surface area contributed by atoms with Crippen molar-refractivity contribution in [2.24, 2.45) is 0 Å². The lowest BCUT2D eigenvalue weighted by Crippen LogP contribution is -3.14. The van der Waals surface area contributed by atoms with E-state index in [0.717, 1.165) is 17.6 Å². The molecule has 1 aromatic heterocycles. The number of aromatic nitrogens is 1. The van der Waals surface area contributed by atoms with Crippen molar-refractivity contribution in [1.29, 1.82) is 0 Å². The van der Waals surface area contributed by atoms with Crippen LogP contribution in [0.1, 0.15) is 38.9 Å². The first-order chi connectivity index (χ1) is 16.7. The van der Waals surface area contributed by atoms with Gasteiger partial charge in [0.15, 0.2) is 0 Å². The van der Waals surface area contributed by atoms with Crippen molar-refractivity contribution >= 4 is 39.3 Å². The van der Waals surface area contributed by atoms with Crippen LogP contribution in [0.2, 0.25) is 0 Å². The van der Waals surface area contributed by atoms with Gasteiger partial charge in [0, 0.05) is 15.7 Å². The summed E-state index contributed by atoms with van der Waals surface area (Å²) in [6.07, 6.45) is 0. The Morgan fingerprint density at radius 2 is 1.89 bits per heavy atom. The molecule has 2 N–H and O–H groups in total. The van der Waals surface area contributed by atoms with Crippen molar-refractivity contribution < 1.29 is 33.9 Å². The number of amides is 1. The molecule has 0 spiro atoms. The van der Waals surface area contributed by atoms with Crippen LogP contribution >= 0.6 is 15.9 Å². The molecule has 1 amide bonds. The number of esters is 1. The molecule has 0 saturated carbocycles. The number of nitrogens with zero attached hydrogens (tertiary/aromatic N) is 1. The van der Waals surface area contributed by atoms with E-state index in [1.165, 1.54) is 16.9 Å². The van der Waals surface area contributed by atoms with Gasteiger partial charge in [0.2, 0.25) is 5.78 Å². The lowest BCUT2D eigenvalue weighted by molar-refractivity contribution is -0.907. The predicted octanol–water partition coefficient (Wildman–Crippen LogP) is 0.320. The second-order valence-electron chi connectivity index (χ2n) is 8.75. The molecule has 10 heteroatoms. The fraction of sp³-hybridized carbons (Fsp3) is 0.400. The Morgan fingerprint density at radius 3 is 2.51 bits per heavy atom. The summed E-state index contributed by atoms with van der Waals surface area (Å²) in [5.41, 5.74) is 1.76. The summed E-state index contributed by atoms with van der Waals surface area (Å²) in [7, 11) is 1.26. The van der Waals surface area contributed by atoms with E-state index in [9.17, 15) is 19.5 Å². The number of methoxy groups -OCH3 is 1. The van der Waals surface area contributed by atoms with Gasteiger partial charge in [-0.05, 0) is 42.7 Å². The number of hydrogen-bond acceptors (Lipinski definition) is 6. The van der Waals surface area contributed by atoms with E-state index in [4.69, 9.17) is 9.47 Å². The second-order valence-corrected chi connectivity index (χ2v) is 9.67. The maximum Gasteiger partial charge on any atom is 0.354 e. The van der Waals surface area contributed by atoms with Crippen molar-refractivity contribution in [3.8, 4) is 0 Å². The molecule has 2 fully saturated rings. The smallest absolute Gasteiger partial charge is 0.354 e. The molecule has 35 heavy (non-hydrogen) atoms. The minimum absolute atomic E-state index is 0.101. The number of morpholine rings is 1. The van der Waals surface area contributed by atoms with Crippen molar-refractivity contribution in [2.75, 3.05) is 46.5 Å². The number of carbonyl (C=O) groups excluding carboxylic acids is 3. The summed E-state index contributed by atoms with van der Waals surface area (Å²) >= 11 is 3.41. The highest BCUT2D eigenvalue weighted by Crippen LogP contribution is 2.40. The minimum Gasteiger partial charge on any atom is -0.872 e. The lowest BCUT2D eigenvalue weighted by Gasteiger charge is -2.30. The molecular formula is C25H28BrN3O6. The normalized spacial score (nSPS) is 20.5. The van der Waals surface area contributed by atoms with E-state index in [0.29, 0.717) is 43.1 Å². The largest absolute Gasteiger partial charge is 0.872 e. The molecule has 3 heterocycles. The van der Waals surface area contributed by atoms with Crippen molar-refractivity contribution in [2.45, 2.75) is 19.9 Å². The van der Waals surface area contributed by atoms with Gasteiger partial charge < -0.3 is 29.4 Å². The minimum atomic E-state index is -0.814. The third-order valence-electron chi connectivity index (χ3n) is 6.68. The van der Waals surface area contributed by atoms with Gasteiger partial charge in [0.25, 0.3) is 5.91 Å². The summed E-state index contributed by atoms with van der Waals surface area (Å²) in [6, 6.07) is 6.43. The summed E-state index contributed by atoms with van der Waals surface area (Å²) < 4.78 is 11.1. The van der Waals surface area contributed by atoms with Crippen molar-refractivity contribution in [3.05, 3.63) is 62.4 Å². The van der Waals surface area contributed by atoms with Gasteiger partial charge in [-0.15, -0.1) is 0 Å². The van der Waals surface area contributed by atoms with Crippen LogP contribution in [0.3, 0.4) is 0 Å². The topological polar surface area (TPSA) is 116 Å². The highest BCUT2D eigenvalue weighted by Gasteiger charge is 2.44. The highest BCUT2D eigenvalue weighted by atomic mass is 79.9. The fourth-order valence-electron chi connectivity index (χ4n) is 4.81. The Balaban J connectivity index is 1.79. The molecule has 1 aromatic carbocycles.